The summed E-state index contributed by atoms with van der Waals surface area (Å²) in [5.41, 5.74) is 1.87. The van der Waals surface area contributed by atoms with Crippen LogP contribution in [0.15, 0.2) is 24.3 Å². The monoisotopic (exact) mass is 211 g/mol. The van der Waals surface area contributed by atoms with Gasteiger partial charge >= 0.3 is 5.97 Å². The van der Waals surface area contributed by atoms with Crippen molar-refractivity contribution in [1.29, 1.82) is 0 Å². The summed E-state index contributed by atoms with van der Waals surface area (Å²) >= 11 is 3.98. The van der Waals surface area contributed by atoms with Gasteiger partial charge < -0.3 is 10.4 Å². The van der Waals surface area contributed by atoms with Crippen LogP contribution in [0.2, 0.25) is 0 Å². The van der Waals surface area contributed by atoms with E-state index in [2.05, 4.69) is 17.9 Å². The van der Waals surface area contributed by atoms with Crippen LogP contribution in [0.4, 0.5) is 5.69 Å². The summed E-state index contributed by atoms with van der Waals surface area (Å²) in [6, 6.07) is 6.93. The van der Waals surface area contributed by atoms with Gasteiger partial charge in [0.15, 0.2) is 0 Å². The molecule has 14 heavy (non-hydrogen) atoms. The molecule has 2 N–H and O–H groups in total. The molecule has 0 amide bonds. The SMILES string of the molecule is Cc1ccccc1NC(CS)C(=O)O. The minimum atomic E-state index is -0.886. The third kappa shape index (κ3) is 2.67. The normalized spacial score (nSPS) is 12.1. The van der Waals surface area contributed by atoms with Gasteiger partial charge in [-0.2, -0.15) is 12.6 Å². The minimum absolute atomic E-state index is 0.268. The van der Waals surface area contributed by atoms with Gasteiger partial charge in [0.25, 0.3) is 0 Å². The number of nitrogens with one attached hydrogen (secondary N) is 1. The quantitative estimate of drug-likeness (QED) is 0.665. The van der Waals surface area contributed by atoms with Crippen molar-refractivity contribution < 1.29 is 9.90 Å². The second kappa shape index (κ2) is 4.91. The van der Waals surface area contributed by atoms with E-state index < -0.39 is 12.0 Å². The Hall–Kier alpha value is -1.16. The smallest absolute Gasteiger partial charge is 0.326 e. The van der Waals surface area contributed by atoms with E-state index in [1.165, 1.54) is 0 Å². The van der Waals surface area contributed by atoms with Crippen molar-refractivity contribution in [2.45, 2.75) is 13.0 Å². The number of rotatable bonds is 4. The van der Waals surface area contributed by atoms with Crippen molar-refractivity contribution in [3.63, 3.8) is 0 Å². The number of hydrogen-bond acceptors (Lipinski definition) is 3. The number of aryl methyl sites for hydroxylation is 1. The number of carboxylic acids is 1. The average Bonchev–Trinajstić information content (AvgIpc) is 2.16. The molecule has 1 rings (SSSR count). The molecule has 0 aliphatic carbocycles. The predicted molar refractivity (Wildman–Crippen MR) is 60.1 cm³/mol. The molecule has 0 radical (unpaired) electrons. The number of hydrogen-bond donors (Lipinski definition) is 3. The zero-order valence-corrected chi connectivity index (χ0v) is 8.79. The van der Waals surface area contributed by atoms with Crippen molar-refractivity contribution in [1.82, 2.24) is 0 Å². The Bertz CT molecular complexity index is 328. The lowest BCUT2D eigenvalue weighted by atomic mass is 10.2. The molecule has 0 fully saturated rings. The third-order valence-corrected chi connectivity index (χ3v) is 2.32. The average molecular weight is 211 g/mol. The van der Waals surface area contributed by atoms with Crippen molar-refractivity contribution >= 4 is 24.3 Å². The van der Waals surface area contributed by atoms with Gasteiger partial charge in [0.2, 0.25) is 0 Å². The molecular weight excluding hydrogens is 198 g/mol. The zero-order chi connectivity index (χ0) is 10.6. The molecule has 1 aromatic carbocycles. The third-order valence-electron chi connectivity index (χ3n) is 1.96. The number of carboxylic acid groups (broad SMARTS) is 1. The molecule has 0 aliphatic heterocycles. The molecule has 0 aliphatic rings. The van der Waals surface area contributed by atoms with Gasteiger partial charge in [-0.3, -0.25) is 0 Å². The summed E-state index contributed by atoms with van der Waals surface area (Å²) in [6.45, 7) is 1.93. The zero-order valence-electron chi connectivity index (χ0n) is 7.90. The van der Waals surface area contributed by atoms with Crippen LogP contribution < -0.4 is 5.32 Å². The van der Waals surface area contributed by atoms with Crippen LogP contribution in [-0.4, -0.2) is 22.9 Å². The fourth-order valence-corrected chi connectivity index (χ4v) is 1.36. The molecule has 76 valence electrons. The number of carbonyl (C=O) groups is 1. The molecule has 0 bridgehead atoms. The number of anilines is 1. The summed E-state index contributed by atoms with van der Waals surface area (Å²) in [6.07, 6.45) is 0. The lowest BCUT2D eigenvalue weighted by molar-refractivity contribution is -0.137. The molecule has 1 atom stereocenters. The van der Waals surface area contributed by atoms with E-state index in [0.717, 1.165) is 11.3 Å². The first kappa shape index (κ1) is 10.9. The lowest BCUT2D eigenvalue weighted by Crippen LogP contribution is -2.31. The van der Waals surface area contributed by atoms with Gasteiger partial charge in [-0.05, 0) is 18.6 Å². The van der Waals surface area contributed by atoms with Crippen molar-refractivity contribution in [3.05, 3.63) is 29.8 Å². The van der Waals surface area contributed by atoms with Crippen LogP contribution in [0.1, 0.15) is 5.56 Å². The Balaban J connectivity index is 2.77. The van der Waals surface area contributed by atoms with Crippen LogP contribution in [0.3, 0.4) is 0 Å². The maximum absolute atomic E-state index is 10.7. The fourth-order valence-electron chi connectivity index (χ4n) is 1.11. The summed E-state index contributed by atoms with van der Waals surface area (Å²) in [7, 11) is 0. The Morgan fingerprint density at radius 3 is 2.71 bits per heavy atom. The largest absolute Gasteiger partial charge is 0.480 e. The van der Waals surface area contributed by atoms with Gasteiger partial charge in [-0.1, -0.05) is 18.2 Å². The molecule has 4 heteroatoms. The fraction of sp³-hybridized carbons (Fsp3) is 0.300. The molecular formula is C10H13NO2S. The highest BCUT2D eigenvalue weighted by molar-refractivity contribution is 7.80. The van der Waals surface area contributed by atoms with Gasteiger partial charge in [0, 0.05) is 11.4 Å². The molecule has 1 unspecified atom stereocenters. The highest BCUT2D eigenvalue weighted by atomic mass is 32.1. The molecule has 3 nitrogen and oxygen atoms in total. The second-order valence-corrected chi connectivity index (χ2v) is 3.40. The molecule has 0 heterocycles. The van der Waals surface area contributed by atoms with E-state index in [4.69, 9.17) is 5.11 Å². The lowest BCUT2D eigenvalue weighted by Gasteiger charge is -2.14. The highest BCUT2D eigenvalue weighted by Gasteiger charge is 2.15. The van der Waals surface area contributed by atoms with Crippen LogP contribution >= 0.6 is 12.6 Å². The van der Waals surface area contributed by atoms with E-state index in [9.17, 15) is 4.79 Å². The van der Waals surface area contributed by atoms with Gasteiger partial charge in [-0.15, -0.1) is 0 Å². The summed E-state index contributed by atoms with van der Waals surface area (Å²) in [5, 5.41) is 11.7. The van der Waals surface area contributed by atoms with E-state index in [-0.39, 0.29) is 5.75 Å². The Morgan fingerprint density at radius 1 is 1.57 bits per heavy atom. The first-order valence-corrected chi connectivity index (χ1v) is 4.94. The van der Waals surface area contributed by atoms with E-state index in [1.807, 2.05) is 31.2 Å². The molecule has 1 aromatic rings. The Labute approximate surface area is 88.6 Å². The summed E-state index contributed by atoms with van der Waals surface area (Å²) in [4.78, 5) is 10.7. The minimum Gasteiger partial charge on any atom is -0.480 e. The molecule has 0 saturated carbocycles. The molecule has 0 saturated heterocycles. The summed E-state index contributed by atoms with van der Waals surface area (Å²) < 4.78 is 0. The van der Waals surface area contributed by atoms with Crippen LogP contribution in [0, 0.1) is 6.92 Å². The van der Waals surface area contributed by atoms with Crippen LogP contribution in [0.25, 0.3) is 0 Å². The number of para-hydroxylation sites is 1. The van der Waals surface area contributed by atoms with Gasteiger partial charge in [0.05, 0.1) is 0 Å². The molecule has 0 spiro atoms. The Morgan fingerprint density at radius 2 is 2.21 bits per heavy atom. The number of benzene rings is 1. The molecule has 0 aromatic heterocycles. The van der Waals surface area contributed by atoms with Crippen molar-refractivity contribution in [2.24, 2.45) is 0 Å². The van der Waals surface area contributed by atoms with E-state index in [1.54, 1.807) is 0 Å². The van der Waals surface area contributed by atoms with Crippen molar-refractivity contribution in [3.8, 4) is 0 Å². The maximum Gasteiger partial charge on any atom is 0.326 e. The second-order valence-electron chi connectivity index (χ2n) is 3.03. The first-order valence-electron chi connectivity index (χ1n) is 4.31. The van der Waals surface area contributed by atoms with E-state index in [0.29, 0.717) is 0 Å². The predicted octanol–water partition coefficient (Wildman–Crippen LogP) is 1.79. The number of aliphatic carboxylic acids is 1. The van der Waals surface area contributed by atoms with Gasteiger partial charge in [0.1, 0.15) is 6.04 Å². The number of thiol groups is 1. The van der Waals surface area contributed by atoms with Crippen LogP contribution in [0.5, 0.6) is 0 Å². The topological polar surface area (TPSA) is 49.3 Å². The Kier molecular flexibility index (Phi) is 3.83. The van der Waals surface area contributed by atoms with Gasteiger partial charge in [-0.25, -0.2) is 4.79 Å². The standard InChI is InChI=1S/C10H13NO2S/c1-7-4-2-3-5-8(7)11-9(6-14)10(12)13/h2-5,9,11,14H,6H2,1H3,(H,12,13). The summed E-state index contributed by atoms with van der Waals surface area (Å²) in [5.74, 6) is -0.618. The maximum atomic E-state index is 10.7. The van der Waals surface area contributed by atoms with Crippen molar-refractivity contribution in [2.75, 3.05) is 11.1 Å². The van der Waals surface area contributed by atoms with Crippen LogP contribution in [-0.2, 0) is 4.79 Å². The van der Waals surface area contributed by atoms with E-state index >= 15 is 0 Å². The highest BCUT2D eigenvalue weighted by Crippen LogP contribution is 2.14. The first-order chi connectivity index (χ1) is 6.65.